The molecule has 1 rings (SSSR count). The number of anilines is 1. The molecule has 21 heavy (non-hydrogen) atoms. The maximum atomic E-state index is 11.9. The van der Waals surface area contributed by atoms with Gasteiger partial charge in [-0.3, -0.25) is 4.79 Å². The minimum absolute atomic E-state index is 0.179. The van der Waals surface area contributed by atoms with Crippen LogP contribution >= 0.6 is 0 Å². The largest absolute Gasteiger partial charge is 0.497 e. The van der Waals surface area contributed by atoms with Gasteiger partial charge in [-0.1, -0.05) is 0 Å². The molecule has 0 unspecified atom stereocenters. The van der Waals surface area contributed by atoms with Gasteiger partial charge in [0.05, 0.1) is 20.6 Å². The molecule has 0 aliphatic heterocycles. The second-order valence-electron chi connectivity index (χ2n) is 5.13. The van der Waals surface area contributed by atoms with Crippen molar-refractivity contribution in [2.75, 3.05) is 19.5 Å². The maximum absolute atomic E-state index is 11.9. The van der Waals surface area contributed by atoms with Gasteiger partial charge in [0, 0.05) is 29.4 Å². The molecule has 0 bridgehead atoms. The van der Waals surface area contributed by atoms with Gasteiger partial charge < -0.3 is 25.2 Å². The van der Waals surface area contributed by atoms with E-state index < -0.39 is 17.5 Å². The van der Waals surface area contributed by atoms with Gasteiger partial charge in [0.1, 0.15) is 11.5 Å². The number of nitrogens with one attached hydrogen (secondary N) is 2. The van der Waals surface area contributed by atoms with Crippen LogP contribution in [0.15, 0.2) is 18.2 Å². The van der Waals surface area contributed by atoms with E-state index >= 15 is 0 Å². The van der Waals surface area contributed by atoms with Crippen LogP contribution in [-0.4, -0.2) is 36.9 Å². The van der Waals surface area contributed by atoms with Gasteiger partial charge in [0.25, 0.3) is 0 Å². The minimum Gasteiger partial charge on any atom is -0.497 e. The molecule has 0 saturated carbocycles. The highest BCUT2D eigenvalue weighted by Gasteiger charge is 2.23. The molecule has 0 radical (unpaired) electrons. The van der Waals surface area contributed by atoms with Crippen molar-refractivity contribution in [1.29, 1.82) is 0 Å². The number of urea groups is 1. The number of rotatable bonds is 6. The Labute approximate surface area is 123 Å². The summed E-state index contributed by atoms with van der Waals surface area (Å²) in [7, 11) is 3.02. The molecule has 2 amide bonds. The monoisotopic (exact) mass is 296 g/mol. The van der Waals surface area contributed by atoms with E-state index in [0.717, 1.165) is 0 Å². The van der Waals surface area contributed by atoms with Gasteiger partial charge in [0.2, 0.25) is 0 Å². The van der Waals surface area contributed by atoms with Crippen LogP contribution in [0, 0.1) is 0 Å². The number of benzene rings is 1. The van der Waals surface area contributed by atoms with E-state index in [2.05, 4.69) is 10.6 Å². The lowest BCUT2D eigenvalue weighted by molar-refractivity contribution is -0.138. The second kappa shape index (κ2) is 6.83. The fourth-order valence-electron chi connectivity index (χ4n) is 1.77. The van der Waals surface area contributed by atoms with Crippen LogP contribution in [0.25, 0.3) is 0 Å². The molecular formula is C14H20N2O5. The molecule has 0 spiro atoms. The third kappa shape index (κ3) is 5.60. The SMILES string of the molecule is COc1cc(NC(=O)NC(C)(C)CC(=O)O)cc(OC)c1. The molecule has 7 nitrogen and oxygen atoms in total. The van der Waals surface area contributed by atoms with E-state index in [4.69, 9.17) is 14.6 Å². The number of amides is 2. The van der Waals surface area contributed by atoms with Gasteiger partial charge in [-0.2, -0.15) is 0 Å². The van der Waals surface area contributed by atoms with Gasteiger partial charge in [-0.15, -0.1) is 0 Å². The number of aliphatic carboxylic acids is 1. The second-order valence-corrected chi connectivity index (χ2v) is 5.13. The Bertz CT molecular complexity index is 506. The number of methoxy groups -OCH3 is 2. The van der Waals surface area contributed by atoms with Crippen LogP contribution in [0.4, 0.5) is 10.5 Å². The quantitative estimate of drug-likeness (QED) is 0.746. The third-order valence-corrected chi connectivity index (χ3v) is 2.65. The molecule has 0 aliphatic carbocycles. The summed E-state index contributed by atoms with van der Waals surface area (Å²) in [5.41, 5.74) is -0.381. The van der Waals surface area contributed by atoms with Crippen LogP contribution in [-0.2, 0) is 4.79 Å². The first kappa shape index (κ1) is 16.6. The van der Waals surface area contributed by atoms with Crippen LogP contribution in [0.3, 0.4) is 0 Å². The molecule has 7 heteroatoms. The van der Waals surface area contributed by atoms with Crippen LogP contribution < -0.4 is 20.1 Å². The van der Waals surface area contributed by atoms with E-state index in [9.17, 15) is 9.59 Å². The lowest BCUT2D eigenvalue weighted by Gasteiger charge is -2.24. The number of hydrogen-bond acceptors (Lipinski definition) is 4. The lowest BCUT2D eigenvalue weighted by atomic mass is 10.0. The number of carboxylic acid groups (broad SMARTS) is 1. The first-order chi connectivity index (χ1) is 9.75. The number of carbonyl (C=O) groups is 2. The van der Waals surface area contributed by atoms with E-state index in [0.29, 0.717) is 17.2 Å². The number of hydrogen-bond donors (Lipinski definition) is 3. The van der Waals surface area contributed by atoms with E-state index in [1.807, 2.05) is 0 Å². The first-order valence-corrected chi connectivity index (χ1v) is 6.30. The van der Waals surface area contributed by atoms with Crippen molar-refractivity contribution in [3.05, 3.63) is 18.2 Å². The zero-order valence-corrected chi connectivity index (χ0v) is 12.5. The Hall–Kier alpha value is -2.44. The van der Waals surface area contributed by atoms with Gasteiger partial charge >= 0.3 is 12.0 Å². The summed E-state index contributed by atoms with van der Waals surface area (Å²) in [4.78, 5) is 22.6. The predicted molar refractivity (Wildman–Crippen MR) is 78.0 cm³/mol. The molecular weight excluding hydrogens is 276 g/mol. The molecule has 0 aromatic heterocycles. The Balaban J connectivity index is 2.76. The lowest BCUT2D eigenvalue weighted by Crippen LogP contribution is -2.46. The van der Waals surface area contributed by atoms with Gasteiger partial charge in [-0.05, 0) is 13.8 Å². The molecule has 1 aromatic carbocycles. The van der Waals surface area contributed by atoms with Crippen LogP contribution in [0.5, 0.6) is 11.5 Å². The Morgan fingerprint density at radius 1 is 1.14 bits per heavy atom. The van der Waals surface area contributed by atoms with Crippen molar-refractivity contribution in [2.24, 2.45) is 0 Å². The number of carboxylic acids is 1. The summed E-state index contributed by atoms with van der Waals surface area (Å²) in [6.07, 6.45) is -0.179. The molecule has 1 aromatic rings. The van der Waals surface area contributed by atoms with E-state index in [1.165, 1.54) is 14.2 Å². The topological polar surface area (TPSA) is 96.9 Å². The Morgan fingerprint density at radius 3 is 2.10 bits per heavy atom. The summed E-state index contributed by atoms with van der Waals surface area (Å²) in [5, 5.41) is 14.0. The van der Waals surface area contributed by atoms with Crippen LogP contribution in [0.2, 0.25) is 0 Å². The number of carbonyl (C=O) groups excluding carboxylic acids is 1. The summed E-state index contributed by atoms with van der Waals surface area (Å²) < 4.78 is 10.2. The van der Waals surface area contributed by atoms with E-state index in [1.54, 1.807) is 32.0 Å². The first-order valence-electron chi connectivity index (χ1n) is 6.30. The summed E-state index contributed by atoms with van der Waals surface area (Å²) in [6.45, 7) is 3.26. The highest BCUT2D eigenvalue weighted by Crippen LogP contribution is 2.25. The number of ether oxygens (including phenoxy) is 2. The zero-order chi connectivity index (χ0) is 16.0. The summed E-state index contributed by atoms with van der Waals surface area (Å²) in [5.74, 6) is 0.0900. The molecule has 0 aliphatic rings. The molecule has 0 atom stereocenters. The third-order valence-electron chi connectivity index (χ3n) is 2.65. The predicted octanol–water partition coefficient (Wildman–Crippen LogP) is 2.08. The van der Waals surface area contributed by atoms with Crippen molar-refractivity contribution in [3.63, 3.8) is 0 Å². The zero-order valence-electron chi connectivity index (χ0n) is 12.5. The van der Waals surface area contributed by atoms with E-state index in [-0.39, 0.29) is 6.42 Å². The molecule has 0 heterocycles. The highest BCUT2D eigenvalue weighted by atomic mass is 16.5. The Kier molecular flexibility index (Phi) is 5.40. The van der Waals surface area contributed by atoms with Crippen molar-refractivity contribution in [2.45, 2.75) is 25.8 Å². The summed E-state index contributed by atoms with van der Waals surface area (Å²) >= 11 is 0. The molecule has 116 valence electrons. The fourth-order valence-corrected chi connectivity index (χ4v) is 1.77. The fraction of sp³-hybridized carbons (Fsp3) is 0.429. The molecule has 0 fully saturated rings. The van der Waals surface area contributed by atoms with Crippen LogP contribution in [0.1, 0.15) is 20.3 Å². The van der Waals surface area contributed by atoms with Crippen molar-refractivity contribution >= 4 is 17.7 Å². The average Bonchev–Trinajstić information content (AvgIpc) is 2.35. The average molecular weight is 296 g/mol. The maximum Gasteiger partial charge on any atom is 0.319 e. The summed E-state index contributed by atoms with van der Waals surface area (Å²) in [6, 6.07) is 4.44. The highest BCUT2D eigenvalue weighted by molar-refractivity contribution is 5.90. The standard InChI is InChI=1S/C14H20N2O5/c1-14(2,8-12(17)18)16-13(19)15-9-5-10(20-3)7-11(6-9)21-4/h5-7H,8H2,1-4H3,(H,17,18)(H2,15,16,19). The normalized spacial score (nSPS) is 10.7. The van der Waals surface area contributed by atoms with Gasteiger partial charge in [-0.25, -0.2) is 4.79 Å². The molecule has 0 saturated heterocycles. The van der Waals surface area contributed by atoms with Crippen molar-refractivity contribution < 1.29 is 24.2 Å². The molecule has 3 N–H and O–H groups in total. The van der Waals surface area contributed by atoms with Gasteiger partial charge in [0.15, 0.2) is 0 Å². The smallest absolute Gasteiger partial charge is 0.319 e. The van der Waals surface area contributed by atoms with Crippen molar-refractivity contribution in [1.82, 2.24) is 5.32 Å². The minimum atomic E-state index is -0.983. The Morgan fingerprint density at radius 2 is 1.67 bits per heavy atom. The van der Waals surface area contributed by atoms with Crippen molar-refractivity contribution in [3.8, 4) is 11.5 Å².